The molecule has 244 valence electrons. The van der Waals surface area contributed by atoms with Gasteiger partial charge < -0.3 is 4.79 Å². The van der Waals surface area contributed by atoms with Crippen molar-refractivity contribution in [2.45, 2.75) is 91.9 Å². The maximum atomic E-state index is 13.5. The van der Waals surface area contributed by atoms with Gasteiger partial charge >= 0.3 is 0 Å². The summed E-state index contributed by atoms with van der Waals surface area (Å²) in [5, 5.41) is 0. The van der Waals surface area contributed by atoms with E-state index in [0.29, 0.717) is 60.8 Å². The fourth-order valence-electron chi connectivity index (χ4n) is 7.57. The van der Waals surface area contributed by atoms with Gasteiger partial charge in [-0.3, -0.25) is 19.2 Å². The Balaban J connectivity index is 1.59. The van der Waals surface area contributed by atoms with Gasteiger partial charge in [-0.1, -0.05) is 70.4 Å². The molecular weight excluding hydrogens is 584 g/mol. The zero-order valence-corrected chi connectivity index (χ0v) is 28.2. The topological polar surface area (TPSA) is 85.3 Å². The van der Waals surface area contributed by atoms with Crippen LogP contribution in [-0.4, -0.2) is 29.4 Å². The molecule has 0 aromatic rings. The molecule has 0 aliphatic heterocycles. The van der Waals surface area contributed by atoms with Crippen LogP contribution in [0.5, 0.6) is 0 Å². The molecule has 0 saturated carbocycles. The molecule has 7 rings (SSSR count). The number of rotatable bonds is 1. The molecule has 7 aliphatic carbocycles. The standard InChI is InChI=1S/C42H46O5/c1-27-8-5-9-28(2)16-34-24-41(47)35(25-40(34)46)21-37-20-31-12-6-10-29(3)17-33-23-38(44)32(22-39(33)45)14-13-30(4)18-36(19-31)42(37,26-43)15-7-11-27/h7,9-11,13,15,19,22-26,36-37H,5-6,8,12,14,16-18,20-21H2,1-4H3/b15-7-,27-11?,28-9-,29-10?,30-13?/t36-,37+,42+/m1/s1. The lowest BCUT2D eigenvalue weighted by atomic mass is 9.58. The van der Waals surface area contributed by atoms with Crippen LogP contribution in [0.1, 0.15) is 91.9 Å². The van der Waals surface area contributed by atoms with Crippen molar-refractivity contribution in [3.8, 4) is 0 Å². The molecule has 5 heteroatoms. The van der Waals surface area contributed by atoms with Crippen LogP contribution in [0.2, 0.25) is 0 Å². The van der Waals surface area contributed by atoms with Gasteiger partial charge in [0.15, 0.2) is 23.1 Å². The molecule has 0 aromatic heterocycles. The number of fused-ring (bicyclic) bond motifs is 14. The summed E-state index contributed by atoms with van der Waals surface area (Å²) in [7, 11) is 0. The molecule has 47 heavy (non-hydrogen) atoms. The van der Waals surface area contributed by atoms with Gasteiger partial charge in [0, 0.05) is 22.3 Å². The Bertz CT molecular complexity index is 1710. The Hall–Kier alpha value is -4.25. The molecule has 0 amide bonds. The minimum absolute atomic E-state index is 0.106. The second-order valence-corrected chi connectivity index (χ2v) is 14.2. The minimum atomic E-state index is -0.915. The normalized spacial score (nSPS) is 29.9. The van der Waals surface area contributed by atoms with Crippen LogP contribution >= 0.6 is 0 Å². The largest absolute Gasteiger partial charge is 0.302 e. The summed E-state index contributed by atoms with van der Waals surface area (Å²) in [4.78, 5) is 66.0. The zero-order chi connectivity index (χ0) is 33.7. The van der Waals surface area contributed by atoms with Crippen molar-refractivity contribution in [2.75, 3.05) is 0 Å². The highest BCUT2D eigenvalue weighted by Gasteiger charge is 2.46. The molecular formula is C42H46O5. The first-order valence-corrected chi connectivity index (χ1v) is 16.9. The van der Waals surface area contributed by atoms with E-state index in [1.807, 2.05) is 39.0 Å². The van der Waals surface area contributed by atoms with Crippen LogP contribution < -0.4 is 0 Å². The van der Waals surface area contributed by atoms with Gasteiger partial charge in [0.2, 0.25) is 0 Å². The average molecular weight is 631 g/mol. The first-order chi connectivity index (χ1) is 22.5. The van der Waals surface area contributed by atoms with E-state index < -0.39 is 5.41 Å². The lowest BCUT2D eigenvalue weighted by molar-refractivity contribution is -0.119. The van der Waals surface area contributed by atoms with Gasteiger partial charge in [0.25, 0.3) is 0 Å². The number of hydrogen-bond donors (Lipinski definition) is 0. The third kappa shape index (κ3) is 8.01. The van der Waals surface area contributed by atoms with Crippen molar-refractivity contribution in [2.24, 2.45) is 17.3 Å². The van der Waals surface area contributed by atoms with E-state index in [9.17, 15) is 24.0 Å². The monoisotopic (exact) mass is 630 g/mol. The summed E-state index contributed by atoms with van der Waals surface area (Å²) >= 11 is 0. The second kappa shape index (κ2) is 14.7. The van der Waals surface area contributed by atoms with Crippen LogP contribution in [0.4, 0.5) is 0 Å². The Kier molecular flexibility index (Phi) is 10.6. The summed E-state index contributed by atoms with van der Waals surface area (Å²) in [6.45, 7) is 8.10. The van der Waals surface area contributed by atoms with Crippen molar-refractivity contribution in [1.82, 2.24) is 0 Å². The summed E-state index contributed by atoms with van der Waals surface area (Å²) in [6, 6.07) is 0. The Labute approximate surface area is 279 Å². The van der Waals surface area contributed by atoms with Crippen molar-refractivity contribution in [3.05, 3.63) is 117 Å². The van der Waals surface area contributed by atoms with Crippen LogP contribution in [0.15, 0.2) is 117 Å². The molecule has 0 N–H and O–H groups in total. The summed E-state index contributed by atoms with van der Waals surface area (Å²) in [5.41, 5.74) is 6.64. The number of carbonyl (C=O) groups is 5. The van der Waals surface area contributed by atoms with Crippen LogP contribution in [0.25, 0.3) is 0 Å². The average Bonchev–Trinajstić information content (AvgIpc) is 3.01. The third-order valence-electron chi connectivity index (χ3n) is 10.4. The van der Waals surface area contributed by atoms with E-state index in [-0.39, 0.29) is 35.0 Å². The molecule has 0 unspecified atom stereocenters. The molecule has 3 atom stereocenters. The van der Waals surface area contributed by atoms with Crippen molar-refractivity contribution < 1.29 is 24.0 Å². The Morgan fingerprint density at radius 3 is 1.87 bits per heavy atom. The predicted octanol–water partition coefficient (Wildman–Crippen LogP) is 8.62. The molecule has 0 aromatic carbocycles. The van der Waals surface area contributed by atoms with Gasteiger partial charge in [-0.2, -0.15) is 0 Å². The SMILES string of the molecule is CC1=C/C=C\[C@@]2(C=O)[C@@H](CC3=C[C@H]2CC(C)=CCC2=CC(=O)C(=CC2=O)CC(C)=CCC3)CC2=CC(=O)C(=CC2=O)C/C(C)=C\CC1. The van der Waals surface area contributed by atoms with Crippen molar-refractivity contribution in [1.29, 1.82) is 0 Å². The van der Waals surface area contributed by atoms with Gasteiger partial charge in [-0.15, -0.1) is 0 Å². The predicted molar refractivity (Wildman–Crippen MR) is 186 cm³/mol. The number of carbonyl (C=O) groups excluding carboxylic acids is 5. The molecule has 0 fully saturated rings. The molecule has 5 nitrogen and oxygen atoms in total. The van der Waals surface area contributed by atoms with Crippen LogP contribution in [0.3, 0.4) is 0 Å². The molecule has 0 spiro atoms. The van der Waals surface area contributed by atoms with Crippen LogP contribution in [-0.2, 0) is 24.0 Å². The quantitative estimate of drug-likeness (QED) is 0.165. The van der Waals surface area contributed by atoms with E-state index in [4.69, 9.17) is 0 Å². The molecule has 0 radical (unpaired) electrons. The summed E-state index contributed by atoms with van der Waals surface area (Å²) in [6.07, 6.45) is 27.7. The minimum Gasteiger partial charge on any atom is -0.302 e. The van der Waals surface area contributed by atoms with E-state index in [1.54, 1.807) is 0 Å². The fraction of sp³-hybridized carbons (Fsp3) is 0.405. The van der Waals surface area contributed by atoms with Gasteiger partial charge in [-0.25, -0.2) is 0 Å². The zero-order valence-electron chi connectivity index (χ0n) is 28.2. The first-order valence-electron chi connectivity index (χ1n) is 16.9. The van der Waals surface area contributed by atoms with E-state index in [2.05, 4.69) is 31.2 Å². The number of hydrogen-bond acceptors (Lipinski definition) is 5. The highest BCUT2D eigenvalue weighted by atomic mass is 16.1. The lowest BCUT2D eigenvalue weighted by Crippen LogP contribution is -2.41. The number of ketones is 4. The maximum absolute atomic E-state index is 13.5. The van der Waals surface area contributed by atoms with Crippen LogP contribution in [0, 0.1) is 17.3 Å². The first kappa shape index (κ1) is 34.1. The number of aldehydes is 1. The fourth-order valence-corrected chi connectivity index (χ4v) is 7.57. The van der Waals surface area contributed by atoms with Gasteiger partial charge in [-0.05, 0) is 128 Å². The second-order valence-electron chi connectivity index (χ2n) is 14.2. The Morgan fingerprint density at radius 2 is 1.21 bits per heavy atom. The highest BCUT2D eigenvalue weighted by Crippen LogP contribution is 2.50. The molecule has 6 bridgehead atoms. The molecule has 0 saturated heterocycles. The Morgan fingerprint density at radius 1 is 0.638 bits per heavy atom. The number of allylic oxidation sites excluding steroid dienone is 20. The summed E-state index contributed by atoms with van der Waals surface area (Å²) < 4.78 is 0. The van der Waals surface area contributed by atoms with Gasteiger partial charge in [0.05, 0.1) is 5.41 Å². The maximum Gasteiger partial charge on any atom is 0.182 e. The smallest absolute Gasteiger partial charge is 0.182 e. The summed E-state index contributed by atoms with van der Waals surface area (Å²) in [5.74, 6) is -0.917. The van der Waals surface area contributed by atoms with E-state index >= 15 is 0 Å². The van der Waals surface area contributed by atoms with Gasteiger partial charge in [0.1, 0.15) is 6.29 Å². The highest BCUT2D eigenvalue weighted by molar-refractivity contribution is 6.20. The van der Waals surface area contributed by atoms with Crippen molar-refractivity contribution >= 4 is 29.4 Å². The molecule has 7 aliphatic rings. The molecule has 0 heterocycles. The van der Waals surface area contributed by atoms with Crippen molar-refractivity contribution in [3.63, 3.8) is 0 Å². The lowest BCUT2D eigenvalue weighted by Gasteiger charge is -2.44. The third-order valence-corrected chi connectivity index (χ3v) is 10.4. The van der Waals surface area contributed by atoms with E-state index in [1.165, 1.54) is 35.5 Å². The van der Waals surface area contributed by atoms with E-state index in [0.717, 1.165) is 48.7 Å².